The first-order chi connectivity index (χ1) is 10.1. The summed E-state index contributed by atoms with van der Waals surface area (Å²) in [5.41, 5.74) is 1.09. The molecule has 1 aliphatic carbocycles. The quantitative estimate of drug-likeness (QED) is 0.822. The first kappa shape index (κ1) is 16.0. The number of rotatable bonds is 5. The topological polar surface area (TPSA) is 70.1 Å². The second-order valence-corrected chi connectivity index (χ2v) is 5.48. The molecule has 1 amide bonds. The van der Waals surface area contributed by atoms with Gasteiger partial charge in [0.2, 0.25) is 5.91 Å². The van der Waals surface area contributed by atoms with E-state index < -0.39 is 12.0 Å². The number of hydrogen-bond acceptors (Lipinski definition) is 4. The molecule has 0 spiro atoms. The van der Waals surface area contributed by atoms with E-state index in [4.69, 9.17) is 4.74 Å². The van der Waals surface area contributed by atoms with Gasteiger partial charge in [0.25, 0.3) is 0 Å². The minimum absolute atomic E-state index is 0.0150. The number of allylic oxidation sites excluding steroid dienone is 2. The third-order valence-corrected chi connectivity index (χ3v) is 4.09. The SMILES string of the molecule is CCN(C(=O)CN1CCOCC1C(=O)O)C1=CCCCC1. The number of carboxylic acids is 1. The molecule has 6 nitrogen and oxygen atoms in total. The molecule has 0 bridgehead atoms. The van der Waals surface area contributed by atoms with E-state index >= 15 is 0 Å². The molecule has 21 heavy (non-hydrogen) atoms. The normalized spacial score (nSPS) is 23.5. The standard InChI is InChI=1S/C15H24N2O4/c1-2-17(12-6-4-3-5-7-12)14(18)10-16-8-9-21-11-13(16)15(19)20/h6,13H,2-5,7-11H2,1H3,(H,19,20). The van der Waals surface area contributed by atoms with E-state index in [1.54, 1.807) is 9.80 Å². The number of likely N-dealkylation sites (N-methyl/N-ethyl adjacent to an activating group) is 1. The predicted molar refractivity (Wildman–Crippen MR) is 77.8 cm³/mol. The van der Waals surface area contributed by atoms with Crippen LogP contribution in [0.15, 0.2) is 11.8 Å². The van der Waals surface area contributed by atoms with Crippen molar-refractivity contribution < 1.29 is 19.4 Å². The number of amides is 1. The molecule has 0 aromatic carbocycles. The van der Waals surface area contributed by atoms with Crippen LogP contribution in [0.1, 0.15) is 32.6 Å². The van der Waals surface area contributed by atoms with Crippen molar-refractivity contribution in [3.05, 3.63) is 11.8 Å². The largest absolute Gasteiger partial charge is 0.480 e. The first-order valence-corrected chi connectivity index (χ1v) is 7.67. The molecule has 1 atom stereocenters. The highest BCUT2D eigenvalue weighted by Gasteiger charge is 2.31. The fraction of sp³-hybridized carbons (Fsp3) is 0.733. The van der Waals surface area contributed by atoms with Gasteiger partial charge in [-0.15, -0.1) is 0 Å². The Morgan fingerprint density at radius 2 is 2.29 bits per heavy atom. The maximum Gasteiger partial charge on any atom is 0.323 e. The number of carbonyl (C=O) groups excluding carboxylic acids is 1. The van der Waals surface area contributed by atoms with Crippen LogP contribution in [0.25, 0.3) is 0 Å². The smallest absolute Gasteiger partial charge is 0.323 e. The summed E-state index contributed by atoms with van der Waals surface area (Å²) in [6.45, 7) is 3.85. The van der Waals surface area contributed by atoms with Crippen LogP contribution in [-0.4, -0.2) is 65.7 Å². The van der Waals surface area contributed by atoms with E-state index in [0.717, 1.165) is 25.0 Å². The van der Waals surface area contributed by atoms with Gasteiger partial charge in [-0.25, -0.2) is 0 Å². The van der Waals surface area contributed by atoms with Gasteiger partial charge in [0.15, 0.2) is 0 Å². The van der Waals surface area contributed by atoms with Crippen LogP contribution in [0.5, 0.6) is 0 Å². The number of carbonyl (C=O) groups is 2. The Labute approximate surface area is 125 Å². The summed E-state index contributed by atoms with van der Waals surface area (Å²) in [4.78, 5) is 27.3. The predicted octanol–water partition coefficient (Wildman–Crippen LogP) is 1.08. The maximum atomic E-state index is 12.5. The van der Waals surface area contributed by atoms with Gasteiger partial charge in [0.1, 0.15) is 6.04 Å². The molecule has 2 rings (SSSR count). The third kappa shape index (κ3) is 4.04. The molecule has 1 fully saturated rings. The van der Waals surface area contributed by atoms with Gasteiger partial charge in [0.05, 0.1) is 19.8 Å². The van der Waals surface area contributed by atoms with Crippen molar-refractivity contribution >= 4 is 11.9 Å². The molecule has 0 saturated carbocycles. The molecule has 6 heteroatoms. The van der Waals surface area contributed by atoms with Crippen molar-refractivity contribution in [3.8, 4) is 0 Å². The third-order valence-electron chi connectivity index (χ3n) is 4.09. The zero-order valence-electron chi connectivity index (χ0n) is 12.6. The number of carboxylic acid groups (broad SMARTS) is 1. The summed E-state index contributed by atoms with van der Waals surface area (Å²) in [6.07, 6.45) is 6.39. The zero-order chi connectivity index (χ0) is 15.2. The summed E-state index contributed by atoms with van der Waals surface area (Å²) in [7, 11) is 0. The van der Waals surface area contributed by atoms with Crippen LogP contribution in [0.4, 0.5) is 0 Å². The molecule has 1 saturated heterocycles. The van der Waals surface area contributed by atoms with E-state index in [0.29, 0.717) is 19.7 Å². The Morgan fingerprint density at radius 1 is 1.48 bits per heavy atom. The average molecular weight is 296 g/mol. The lowest BCUT2D eigenvalue weighted by Crippen LogP contribution is -2.53. The van der Waals surface area contributed by atoms with Gasteiger partial charge in [-0.1, -0.05) is 6.08 Å². The Kier molecular flexibility index (Phi) is 5.76. The Bertz CT molecular complexity index is 422. The van der Waals surface area contributed by atoms with Crippen molar-refractivity contribution in [2.75, 3.05) is 32.8 Å². The summed E-state index contributed by atoms with van der Waals surface area (Å²) in [5, 5.41) is 9.21. The van der Waals surface area contributed by atoms with E-state index in [1.807, 2.05) is 6.92 Å². The number of hydrogen-bond donors (Lipinski definition) is 1. The minimum atomic E-state index is -0.928. The molecule has 1 N–H and O–H groups in total. The van der Waals surface area contributed by atoms with Crippen LogP contribution >= 0.6 is 0 Å². The Morgan fingerprint density at radius 3 is 2.90 bits per heavy atom. The molecular formula is C15H24N2O4. The second-order valence-electron chi connectivity index (χ2n) is 5.48. The van der Waals surface area contributed by atoms with Crippen LogP contribution in [-0.2, 0) is 14.3 Å². The summed E-state index contributed by atoms with van der Waals surface area (Å²) < 4.78 is 5.20. The summed E-state index contributed by atoms with van der Waals surface area (Å²) in [6, 6.07) is -0.721. The Hall–Kier alpha value is -1.40. The number of nitrogens with zero attached hydrogens (tertiary/aromatic N) is 2. The van der Waals surface area contributed by atoms with Crippen molar-refractivity contribution in [2.24, 2.45) is 0 Å². The van der Waals surface area contributed by atoms with E-state index in [1.165, 1.54) is 6.42 Å². The fourth-order valence-electron chi connectivity index (χ4n) is 2.92. The molecule has 1 heterocycles. The monoisotopic (exact) mass is 296 g/mol. The Balaban J connectivity index is 2.00. The van der Waals surface area contributed by atoms with Crippen molar-refractivity contribution in [1.29, 1.82) is 0 Å². The lowest BCUT2D eigenvalue weighted by molar-refractivity contribution is -0.151. The van der Waals surface area contributed by atoms with Crippen LogP contribution in [0.2, 0.25) is 0 Å². The van der Waals surface area contributed by atoms with Crippen molar-refractivity contribution in [1.82, 2.24) is 9.80 Å². The maximum absolute atomic E-state index is 12.5. The van der Waals surface area contributed by atoms with Crippen LogP contribution in [0.3, 0.4) is 0 Å². The van der Waals surface area contributed by atoms with Gasteiger partial charge >= 0.3 is 5.97 Å². The molecule has 1 aliphatic heterocycles. The molecular weight excluding hydrogens is 272 g/mol. The zero-order valence-corrected chi connectivity index (χ0v) is 12.6. The van der Waals surface area contributed by atoms with E-state index in [2.05, 4.69) is 6.08 Å². The van der Waals surface area contributed by atoms with E-state index in [-0.39, 0.29) is 19.1 Å². The molecule has 0 aromatic heterocycles. The second kappa shape index (κ2) is 7.56. The van der Waals surface area contributed by atoms with Crippen LogP contribution < -0.4 is 0 Å². The van der Waals surface area contributed by atoms with Crippen molar-refractivity contribution in [2.45, 2.75) is 38.6 Å². The van der Waals surface area contributed by atoms with E-state index in [9.17, 15) is 14.7 Å². The van der Waals surface area contributed by atoms with Gasteiger partial charge in [0, 0.05) is 18.8 Å². The molecule has 118 valence electrons. The molecule has 1 unspecified atom stereocenters. The number of ether oxygens (including phenoxy) is 1. The van der Waals surface area contributed by atoms with Crippen LogP contribution in [0, 0.1) is 0 Å². The van der Waals surface area contributed by atoms with Gasteiger partial charge in [-0.05, 0) is 32.6 Å². The highest BCUT2D eigenvalue weighted by Crippen LogP contribution is 2.21. The molecule has 2 aliphatic rings. The first-order valence-electron chi connectivity index (χ1n) is 7.67. The highest BCUT2D eigenvalue weighted by molar-refractivity contribution is 5.81. The molecule has 0 aromatic rings. The highest BCUT2D eigenvalue weighted by atomic mass is 16.5. The van der Waals surface area contributed by atoms with Gasteiger partial charge in [-0.2, -0.15) is 0 Å². The average Bonchev–Trinajstić information content (AvgIpc) is 2.49. The van der Waals surface area contributed by atoms with Gasteiger partial charge in [-0.3, -0.25) is 14.5 Å². The number of morpholine rings is 1. The number of aliphatic carboxylic acids is 1. The summed E-state index contributed by atoms with van der Waals surface area (Å²) >= 11 is 0. The summed E-state index contributed by atoms with van der Waals surface area (Å²) in [5.74, 6) is -0.943. The lowest BCUT2D eigenvalue weighted by Gasteiger charge is -2.34. The van der Waals surface area contributed by atoms with Crippen molar-refractivity contribution in [3.63, 3.8) is 0 Å². The van der Waals surface area contributed by atoms with Gasteiger partial charge < -0.3 is 14.7 Å². The minimum Gasteiger partial charge on any atom is -0.480 e. The lowest BCUT2D eigenvalue weighted by atomic mass is 10.0. The fourth-order valence-corrected chi connectivity index (χ4v) is 2.92. The molecule has 0 radical (unpaired) electrons.